The number of hydrogen-bond acceptors (Lipinski definition) is 5. The lowest BCUT2D eigenvalue weighted by atomic mass is 9.42. The van der Waals surface area contributed by atoms with Gasteiger partial charge in [-0.2, -0.15) is 0 Å². The summed E-state index contributed by atoms with van der Waals surface area (Å²) in [5.74, 6) is -0.126. The molecule has 1 unspecified atom stereocenters. The van der Waals surface area contributed by atoms with Crippen molar-refractivity contribution in [3.05, 3.63) is 29.3 Å². The molecule has 2 heterocycles. The summed E-state index contributed by atoms with van der Waals surface area (Å²) in [4.78, 5) is 38.2. The lowest BCUT2D eigenvalue weighted by Crippen LogP contribution is -2.68. The number of amides is 3. The molecule has 6 aliphatic rings. The van der Waals surface area contributed by atoms with Crippen molar-refractivity contribution in [2.75, 3.05) is 6.54 Å². The maximum absolute atomic E-state index is 13.9. The van der Waals surface area contributed by atoms with E-state index in [9.17, 15) is 18.8 Å². The molecule has 4 aliphatic carbocycles. The van der Waals surface area contributed by atoms with Crippen molar-refractivity contribution in [1.82, 2.24) is 15.5 Å². The van der Waals surface area contributed by atoms with E-state index in [1.807, 2.05) is 12.1 Å². The predicted octanol–water partition coefficient (Wildman–Crippen LogP) is 2.62. The van der Waals surface area contributed by atoms with Crippen LogP contribution < -0.4 is 15.4 Å². The molecule has 5 fully saturated rings. The van der Waals surface area contributed by atoms with E-state index in [0.29, 0.717) is 37.8 Å². The molecule has 8 heteroatoms. The van der Waals surface area contributed by atoms with Crippen molar-refractivity contribution in [1.29, 1.82) is 0 Å². The average molecular weight is 456 g/mol. The lowest BCUT2D eigenvalue weighted by molar-refractivity contribution is -0.211. The zero-order chi connectivity index (χ0) is 22.8. The van der Waals surface area contributed by atoms with Crippen LogP contribution in [0.2, 0.25) is 0 Å². The van der Waals surface area contributed by atoms with Gasteiger partial charge in [0.05, 0.1) is 0 Å². The van der Waals surface area contributed by atoms with Crippen molar-refractivity contribution in [3.63, 3.8) is 0 Å². The molecule has 2 N–H and O–H groups in total. The van der Waals surface area contributed by atoms with Crippen molar-refractivity contribution < 1.29 is 23.5 Å². The Morgan fingerprint density at radius 2 is 1.91 bits per heavy atom. The van der Waals surface area contributed by atoms with E-state index in [-0.39, 0.29) is 35.8 Å². The van der Waals surface area contributed by atoms with Crippen molar-refractivity contribution >= 4 is 17.7 Å². The highest BCUT2D eigenvalue weighted by Crippen LogP contribution is 2.69. The van der Waals surface area contributed by atoms with Crippen LogP contribution in [0.4, 0.5) is 4.39 Å². The standard InChI is InChI=1S/C25H30FN3O4/c26-25-11-24(12-25,13-25)14-27-18-3-1-2-4-20(18)33-16-5-6-17-15(9-16)10-29(23(17)32)19-7-8-21(30)28-22(19)31/h5-6,9,18-20,27H,1-4,7-8,10-14H2,(H,28,30,31)/t18-,19?,20+,24?,25?/m1/s1. The van der Waals surface area contributed by atoms with E-state index in [1.165, 1.54) is 0 Å². The van der Waals surface area contributed by atoms with Crippen LogP contribution in [0.15, 0.2) is 18.2 Å². The maximum atomic E-state index is 13.9. The van der Waals surface area contributed by atoms with E-state index < -0.39 is 17.6 Å². The molecule has 3 atom stereocenters. The first-order valence-electron chi connectivity index (χ1n) is 12.2. The summed E-state index contributed by atoms with van der Waals surface area (Å²) in [6.07, 6.45) is 7.06. The minimum absolute atomic E-state index is 0.0480. The molecule has 2 aliphatic heterocycles. The van der Waals surface area contributed by atoms with Crippen LogP contribution in [0.25, 0.3) is 0 Å². The summed E-state index contributed by atoms with van der Waals surface area (Å²) in [5.41, 5.74) is 0.747. The van der Waals surface area contributed by atoms with Crippen LogP contribution in [0.1, 0.15) is 73.7 Å². The number of carbonyl (C=O) groups is 3. The number of ether oxygens (including phenoxy) is 1. The Hall–Kier alpha value is -2.48. The van der Waals surface area contributed by atoms with Gasteiger partial charge in [-0.1, -0.05) is 6.42 Å². The van der Waals surface area contributed by atoms with Gasteiger partial charge >= 0.3 is 0 Å². The zero-order valence-corrected chi connectivity index (χ0v) is 18.7. The summed E-state index contributed by atoms with van der Waals surface area (Å²) < 4.78 is 20.3. The normalized spacial score (nSPS) is 37.2. The molecule has 7 nitrogen and oxygen atoms in total. The molecule has 0 aromatic heterocycles. The third-order valence-electron chi connectivity index (χ3n) is 8.30. The first-order valence-corrected chi connectivity index (χ1v) is 12.2. The van der Waals surface area contributed by atoms with E-state index in [4.69, 9.17) is 4.74 Å². The number of benzene rings is 1. The number of carbonyl (C=O) groups excluding carboxylic acids is 3. The monoisotopic (exact) mass is 455 g/mol. The number of nitrogens with one attached hydrogen (secondary N) is 2. The summed E-state index contributed by atoms with van der Waals surface area (Å²) in [5, 5.41) is 6.02. The molecule has 2 bridgehead atoms. The largest absolute Gasteiger partial charge is 0.489 e. The van der Waals surface area contributed by atoms with Crippen molar-refractivity contribution in [3.8, 4) is 5.75 Å². The summed E-state index contributed by atoms with van der Waals surface area (Å²) in [6, 6.07) is 5.17. The van der Waals surface area contributed by atoms with Crippen LogP contribution in [-0.2, 0) is 16.1 Å². The van der Waals surface area contributed by atoms with Gasteiger partial charge in [-0.25, -0.2) is 4.39 Å². The molecular formula is C25H30FN3O4. The van der Waals surface area contributed by atoms with Gasteiger partial charge in [0.25, 0.3) is 5.91 Å². The number of nitrogens with zero attached hydrogens (tertiary/aromatic N) is 1. The highest BCUT2D eigenvalue weighted by atomic mass is 19.1. The van der Waals surface area contributed by atoms with Crippen LogP contribution in [-0.4, -0.2) is 53.0 Å². The van der Waals surface area contributed by atoms with Crippen LogP contribution in [0, 0.1) is 5.41 Å². The molecule has 3 amide bonds. The van der Waals surface area contributed by atoms with E-state index in [0.717, 1.165) is 43.5 Å². The third-order valence-corrected chi connectivity index (χ3v) is 8.30. The Morgan fingerprint density at radius 1 is 1.12 bits per heavy atom. The molecule has 0 spiro atoms. The first kappa shape index (κ1) is 21.1. The van der Waals surface area contributed by atoms with Crippen molar-refractivity contribution in [2.45, 2.75) is 88.2 Å². The topological polar surface area (TPSA) is 87.7 Å². The van der Waals surface area contributed by atoms with E-state index in [1.54, 1.807) is 11.0 Å². The van der Waals surface area contributed by atoms with Gasteiger partial charge in [0, 0.05) is 31.1 Å². The minimum Gasteiger partial charge on any atom is -0.489 e. The van der Waals surface area contributed by atoms with Gasteiger partial charge < -0.3 is 15.0 Å². The highest BCUT2D eigenvalue weighted by Gasteiger charge is 2.68. The fourth-order valence-electron chi connectivity index (χ4n) is 6.67. The van der Waals surface area contributed by atoms with Gasteiger partial charge in [0.2, 0.25) is 11.8 Å². The maximum Gasteiger partial charge on any atom is 0.255 e. The quantitative estimate of drug-likeness (QED) is 0.644. The average Bonchev–Trinajstić information content (AvgIpc) is 3.06. The zero-order valence-electron chi connectivity index (χ0n) is 18.7. The lowest BCUT2D eigenvalue weighted by Gasteiger charge is -2.66. The Labute approximate surface area is 192 Å². The second-order valence-electron chi connectivity index (χ2n) is 10.8. The van der Waals surface area contributed by atoms with Crippen molar-refractivity contribution in [2.24, 2.45) is 5.41 Å². The van der Waals surface area contributed by atoms with E-state index >= 15 is 0 Å². The first-order chi connectivity index (χ1) is 15.8. The number of hydrogen-bond donors (Lipinski definition) is 2. The molecule has 7 rings (SSSR count). The predicted molar refractivity (Wildman–Crippen MR) is 117 cm³/mol. The SMILES string of the molecule is O=C1CCC(N2Cc3cc(O[C@H]4CCCC[C@H]4NCC45CC(F)(C4)C5)ccc3C2=O)C(=O)N1. The molecule has 4 saturated carbocycles. The fourth-order valence-corrected chi connectivity index (χ4v) is 6.67. The molecule has 176 valence electrons. The number of alkyl halides is 1. The number of fused-ring (bicyclic) bond motifs is 1. The molecular weight excluding hydrogens is 425 g/mol. The van der Waals surface area contributed by atoms with Gasteiger partial charge in [0.15, 0.2) is 0 Å². The smallest absolute Gasteiger partial charge is 0.255 e. The Kier molecular flexibility index (Phi) is 4.80. The van der Waals surface area contributed by atoms with Crippen LogP contribution in [0.3, 0.4) is 0 Å². The highest BCUT2D eigenvalue weighted by molar-refractivity contribution is 6.05. The van der Waals surface area contributed by atoms with Gasteiger partial charge in [-0.15, -0.1) is 0 Å². The summed E-state index contributed by atoms with van der Waals surface area (Å²) in [6.45, 7) is 1.21. The van der Waals surface area contributed by atoms with Gasteiger partial charge in [-0.3, -0.25) is 19.7 Å². The number of piperidine rings is 1. The Morgan fingerprint density at radius 3 is 2.67 bits per heavy atom. The molecule has 0 radical (unpaired) electrons. The molecule has 1 saturated heterocycles. The van der Waals surface area contributed by atoms with Crippen LogP contribution in [0.5, 0.6) is 5.75 Å². The van der Waals surface area contributed by atoms with E-state index in [2.05, 4.69) is 10.6 Å². The summed E-state index contributed by atoms with van der Waals surface area (Å²) >= 11 is 0. The van der Waals surface area contributed by atoms with Gasteiger partial charge in [0.1, 0.15) is 23.6 Å². The number of rotatable bonds is 6. The van der Waals surface area contributed by atoms with Crippen LogP contribution >= 0.6 is 0 Å². The molecule has 33 heavy (non-hydrogen) atoms. The number of halogens is 1. The molecule has 1 aromatic carbocycles. The second kappa shape index (κ2) is 7.52. The third kappa shape index (κ3) is 3.63. The summed E-state index contributed by atoms with van der Waals surface area (Å²) in [7, 11) is 0. The van der Waals surface area contributed by atoms with Gasteiger partial charge in [-0.05, 0) is 74.1 Å². The second-order valence-corrected chi connectivity index (χ2v) is 10.8. The Balaban J connectivity index is 1.11. The molecule has 1 aromatic rings. The Bertz CT molecular complexity index is 1010. The number of imide groups is 1. The fraction of sp³-hybridized carbons (Fsp3) is 0.640. The minimum atomic E-state index is -0.867.